The van der Waals surface area contributed by atoms with Crippen molar-refractivity contribution in [1.82, 2.24) is 4.98 Å². The summed E-state index contributed by atoms with van der Waals surface area (Å²) in [5.41, 5.74) is 7.34. The molecular formula is C13H14N2O. The fourth-order valence-electron chi connectivity index (χ4n) is 1.57. The third kappa shape index (κ3) is 2.04. The van der Waals surface area contributed by atoms with Crippen LogP contribution in [0.2, 0.25) is 0 Å². The van der Waals surface area contributed by atoms with Gasteiger partial charge in [-0.25, -0.2) is 0 Å². The smallest absolute Gasteiger partial charge is 0.131 e. The number of hydrogen-bond acceptors (Lipinski definition) is 3. The predicted octanol–water partition coefficient (Wildman–Crippen LogP) is 2.26. The van der Waals surface area contributed by atoms with Crippen molar-refractivity contribution in [1.29, 1.82) is 0 Å². The van der Waals surface area contributed by atoms with Crippen LogP contribution in [-0.2, 0) is 6.54 Å². The van der Waals surface area contributed by atoms with Crippen molar-refractivity contribution in [2.75, 3.05) is 6.61 Å². The number of aromatic nitrogens is 1. The maximum absolute atomic E-state index is 5.60. The van der Waals surface area contributed by atoms with Gasteiger partial charge in [-0.3, -0.25) is 4.98 Å². The van der Waals surface area contributed by atoms with E-state index in [9.17, 15) is 0 Å². The molecule has 0 aliphatic rings. The molecule has 1 heterocycles. The highest BCUT2D eigenvalue weighted by molar-refractivity contribution is 5.85. The molecule has 0 amide bonds. The molecule has 0 bridgehead atoms. The van der Waals surface area contributed by atoms with Gasteiger partial charge in [0.25, 0.3) is 0 Å². The summed E-state index contributed by atoms with van der Waals surface area (Å²) >= 11 is 0. The molecule has 0 aliphatic carbocycles. The van der Waals surface area contributed by atoms with Crippen molar-refractivity contribution < 1.29 is 4.74 Å². The first-order valence-electron chi connectivity index (χ1n) is 5.17. The molecule has 0 radical (unpaired) electrons. The summed E-state index contributed by atoms with van der Waals surface area (Å²) in [5, 5.41) is 1.00. The zero-order valence-corrected chi connectivity index (χ0v) is 9.02. The largest absolute Gasteiger partial charge is 0.489 e. The van der Waals surface area contributed by atoms with Crippen LogP contribution in [0.5, 0.6) is 5.75 Å². The van der Waals surface area contributed by atoms with Crippen molar-refractivity contribution in [2.45, 2.75) is 6.54 Å². The van der Waals surface area contributed by atoms with E-state index in [1.165, 1.54) is 0 Å². The topological polar surface area (TPSA) is 48.1 Å². The molecule has 0 aliphatic heterocycles. The van der Waals surface area contributed by atoms with E-state index in [1.54, 1.807) is 6.08 Å². The van der Waals surface area contributed by atoms with Crippen LogP contribution >= 0.6 is 0 Å². The molecule has 0 spiro atoms. The normalized spacial score (nSPS) is 10.3. The number of ether oxygens (including phenoxy) is 1. The first-order valence-corrected chi connectivity index (χ1v) is 5.17. The SMILES string of the molecule is C=CCOc1cc(CN)nc2ccccc12. The van der Waals surface area contributed by atoms with Gasteiger partial charge >= 0.3 is 0 Å². The number of para-hydroxylation sites is 1. The monoisotopic (exact) mass is 214 g/mol. The number of rotatable bonds is 4. The Bertz CT molecular complexity index is 508. The van der Waals surface area contributed by atoms with E-state index >= 15 is 0 Å². The van der Waals surface area contributed by atoms with Gasteiger partial charge in [-0.15, -0.1) is 0 Å². The van der Waals surface area contributed by atoms with E-state index in [0.717, 1.165) is 22.3 Å². The van der Waals surface area contributed by atoms with Gasteiger partial charge in [-0.2, -0.15) is 0 Å². The van der Waals surface area contributed by atoms with Crippen LogP contribution in [0, 0.1) is 0 Å². The number of hydrogen-bond donors (Lipinski definition) is 1. The summed E-state index contributed by atoms with van der Waals surface area (Å²) in [6.45, 7) is 4.53. The number of benzene rings is 1. The Morgan fingerprint density at radius 1 is 1.38 bits per heavy atom. The van der Waals surface area contributed by atoms with Gasteiger partial charge in [0.05, 0.1) is 11.2 Å². The molecule has 0 atom stereocenters. The molecule has 3 heteroatoms. The Morgan fingerprint density at radius 2 is 2.19 bits per heavy atom. The minimum absolute atomic E-state index is 0.412. The molecule has 2 N–H and O–H groups in total. The van der Waals surface area contributed by atoms with Crippen molar-refractivity contribution in [3.63, 3.8) is 0 Å². The average molecular weight is 214 g/mol. The Hall–Kier alpha value is -1.87. The molecule has 0 saturated heterocycles. The van der Waals surface area contributed by atoms with E-state index in [-0.39, 0.29) is 0 Å². The first-order chi connectivity index (χ1) is 7.85. The Kier molecular flexibility index (Phi) is 3.17. The Morgan fingerprint density at radius 3 is 2.94 bits per heavy atom. The van der Waals surface area contributed by atoms with Crippen molar-refractivity contribution in [3.05, 3.63) is 48.7 Å². The maximum Gasteiger partial charge on any atom is 0.131 e. The second-order valence-corrected chi connectivity index (χ2v) is 3.43. The molecule has 1 aromatic carbocycles. The van der Waals surface area contributed by atoms with Crippen LogP contribution < -0.4 is 10.5 Å². The summed E-state index contributed by atoms with van der Waals surface area (Å²) in [6.07, 6.45) is 1.72. The molecule has 82 valence electrons. The zero-order chi connectivity index (χ0) is 11.4. The maximum atomic E-state index is 5.60. The number of nitrogens with zero attached hydrogens (tertiary/aromatic N) is 1. The predicted molar refractivity (Wildman–Crippen MR) is 65.3 cm³/mol. The van der Waals surface area contributed by atoms with Crippen LogP contribution in [0.4, 0.5) is 0 Å². The molecule has 0 saturated carbocycles. The van der Waals surface area contributed by atoms with Gasteiger partial charge in [0.1, 0.15) is 12.4 Å². The number of pyridine rings is 1. The molecule has 2 rings (SSSR count). The van der Waals surface area contributed by atoms with Crippen LogP contribution in [-0.4, -0.2) is 11.6 Å². The van der Waals surface area contributed by atoms with Gasteiger partial charge in [0.2, 0.25) is 0 Å². The lowest BCUT2D eigenvalue weighted by Crippen LogP contribution is -2.02. The molecule has 3 nitrogen and oxygen atoms in total. The minimum atomic E-state index is 0.412. The third-order valence-electron chi connectivity index (χ3n) is 2.30. The van der Waals surface area contributed by atoms with E-state index in [0.29, 0.717) is 13.2 Å². The van der Waals surface area contributed by atoms with Gasteiger partial charge in [0, 0.05) is 18.0 Å². The van der Waals surface area contributed by atoms with Crippen LogP contribution in [0.25, 0.3) is 10.9 Å². The van der Waals surface area contributed by atoms with Crippen molar-refractivity contribution in [3.8, 4) is 5.75 Å². The van der Waals surface area contributed by atoms with Crippen LogP contribution in [0.3, 0.4) is 0 Å². The number of nitrogens with two attached hydrogens (primary N) is 1. The van der Waals surface area contributed by atoms with E-state index in [2.05, 4.69) is 11.6 Å². The summed E-state index contributed by atoms with van der Waals surface area (Å²) < 4.78 is 5.60. The van der Waals surface area contributed by atoms with Gasteiger partial charge < -0.3 is 10.5 Å². The van der Waals surface area contributed by atoms with Crippen LogP contribution in [0.15, 0.2) is 43.0 Å². The fraction of sp³-hybridized carbons (Fsp3) is 0.154. The zero-order valence-electron chi connectivity index (χ0n) is 9.02. The highest BCUT2D eigenvalue weighted by atomic mass is 16.5. The second-order valence-electron chi connectivity index (χ2n) is 3.43. The van der Waals surface area contributed by atoms with Crippen LogP contribution in [0.1, 0.15) is 5.69 Å². The summed E-state index contributed by atoms with van der Waals surface area (Å²) in [7, 11) is 0. The minimum Gasteiger partial charge on any atom is -0.489 e. The third-order valence-corrected chi connectivity index (χ3v) is 2.30. The number of fused-ring (bicyclic) bond motifs is 1. The molecule has 2 aromatic rings. The average Bonchev–Trinajstić information content (AvgIpc) is 2.35. The summed E-state index contributed by atoms with van der Waals surface area (Å²) in [6, 6.07) is 9.74. The fourth-order valence-corrected chi connectivity index (χ4v) is 1.57. The van der Waals surface area contributed by atoms with E-state index in [4.69, 9.17) is 10.5 Å². The molecule has 16 heavy (non-hydrogen) atoms. The van der Waals surface area contributed by atoms with Gasteiger partial charge in [-0.05, 0) is 12.1 Å². The van der Waals surface area contributed by atoms with Gasteiger partial charge in [-0.1, -0.05) is 24.8 Å². The highest BCUT2D eigenvalue weighted by Crippen LogP contribution is 2.25. The molecule has 0 unspecified atom stereocenters. The lowest BCUT2D eigenvalue weighted by Gasteiger charge is -2.09. The summed E-state index contributed by atoms with van der Waals surface area (Å²) in [4.78, 5) is 4.43. The van der Waals surface area contributed by atoms with E-state index in [1.807, 2.05) is 30.3 Å². The Labute approximate surface area is 94.6 Å². The van der Waals surface area contributed by atoms with Crippen molar-refractivity contribution >= 4 is 10.9 Å². The lowest BCUT2D eigenvalue weighted by atomic mass is 10.2. The second kappa shape index (κ2) is 4.77. The Balaban J connectivity index is 2.54. The molecule has 1 aromatic heterocycles. The highest BCUT2D eigenvalue weighted by Gasteiger charge is 2.04. The summed E-state index contributed by atoms with van der Waals surface area (Å²) in [5.74, 6) is 0.811. The van der Waals surface area contributed by atoms with E-state index < -0.39 is 0 Å². The molecule has 0 fully saturated rings. The quantitative estimate of drug-likeness (QED) is 0.794. The van der Waals surface area contributed by atoms with Crippen molar-refractivity contribution in [2.24, 2.45) is 5.73 Å². The van der Waals surface area contributed by atoms with Gasteiger partial charge in [0.15, 0.2) is 0 Å². The molecular weight excluding hydrogens is 200 g/mol. The standard InChI is InChI=1S/C13H14N2O/c1-2-7-16-13-8-10(9-14)15-12-6-4-3-5-11(12)13/h2-6,8H,1,7,9,14H2. The lowest BCUT2D eigenvalue weighted by molar-refractivity contribution is 0.367. The first kappa shape index (κ1) is 10.6.